The van der Waals surface area contributed by atoms with E-state index in [0.29, 0.717) is 24.1 Å². The summed E-state index contributed by atoms with van der Waals surface area (Å²) in [5.41, 5.74) is 0.201. The van der Waals surface area contributed by atoms with Crippen LogP contribution in [0.2, 0.25) is 0 Å². The molecule has 1 aromatic rings. The van der Waals surface area contributed by atoms with Crippen LogP contribution in [0.25, 0.3) is 0 Å². The number of hydrogen-bond acceptors (Lipinski definition) is 4. The topological polar surface area (TPSA) is 70.0 Å². The summed E-state index contributed by atoms with van der Waals surface area (Å²) in [5, 5.41) is 18.9. The van der Waals surface area contributed by atoms with E-state index in [0.717, 1.165) is 6.07 Å². The number of carbonyl (C=O) groups excluding carboxylic acids is 1. The Morgan fingerprint density at radius 3 is 2.52 bits per heavy atom. The van der Waals surface area contributed by atoms with Crippen molar-refractivity contribution >= 4 is 18.7 Å². The monoisotopic (exact) mass is 327 g/mol. The second kappa shape index (κ2) is 6.45. The number of hydrogen-bond donors (Lipinski definition) is 2. The summed E-state index contributed by atoms with van der Waals surface area (Å²) in [6.45, 7) is 5.68. The molecule has 0 aromatic heterocycles. The van der Waals surface area contributed by atoms with Gasteiger partial charge in [-0.1, -0.05) is 6.07 Å². The third-order valence-electron chi connectivity index (χ3n) is 3.58. The Kier molecular flexibility index (Phi) is 4.96. The summed E-state index contributed by atoms with van der Waals surface area (Å²) in [4.78, 5) is 13.6. The Morgan fingerprint density at radius 2 is 2.00 bits per heavy atom. The molecular formula is C15H20BF2NO4. The Balaban J connectivity index is 2.31. The van der Waals surface area contributed by atoms with Crippen molar-refractivity contribution in [2.75, 3.05) is 6.54 Å². The van der Waals surface area contributed by atoms with Crippen molar-refractivity contribution in [2.24, 2.45) is 0 Å². The molecule has 2 N–H and O–H groups in total. The van der Waals surface area contributed by atoms with Crippen molar-refractivity contribution in [1.82, 2.24) is 4.90 Å². The average molecular weight is 327 g/mol. The Hall–Kier alpha value is -1.67. The second-order valence-corrected chi connectivity index (χ2v) is 6.57. The molecule has 1 aliphatic heterocycles. The third kappa shape index (κ3) is 4.20. The molecule has 1 heterocycles. The van der Waals surface area contributed by atoms with Crippen molar-refractivity contribution in [3.63, 3.8) is 0 Å². The highest BCUT2D eigenvalue weighted by molar-refractivity contribution is 6.59. The summed E-state index contributed by atoms with van der Waals surface area (Å²) in [5.74, 6) is 0. The Labute approximate surface area is 134 Å². The van der Waals surface area contributed by atoms with E-state index < -0.39 is 25.2 Å². The number of alkyl halides is 2. The highest BCUT2D eigenvalue weighted by Gasteiger charge is 2.30. The number of ether oxygens (including phenoxy) is 1. The fourth-order valence-corrected chi connectivity index (χ4v) is 2.56. The molecule has 126 valence electrons. The summed E-state index contributed by atoms with van der Waals surface area (Å²) in [7, 11) is -1.87. The molecule has 2 rings (SSSR count). The van der Waals surface area contributed by atoms with Gasteiger partial charge < -0.3 is 19.7 Å². The van der Waals surface area contributed by atoms with Crippen molar-refractivity contribution in [3.05, 3.63) is 28.8 Å². The zero-order valence-corrected chi connectivity index (χ0v) is 13.3. The maximum absolute atomic E-state index is 12.9. The molecule has 0 saturated heterocycles. The van der Waals surface area contributed by atoms with Crippen LogP contribution in [0.4, 0.5) is 13.6 Å². The normalized spacial score (nSPS) is 14.7. The molecule has 0 bridgehead atoms. The van der Waals surface area contributed by atoms with Crippen LogP contribution < -0.4 is 5.46 Å². The van der Waals surface area contributed by atoms with Gasteiger partial charge in [0.1, 0.15) is 5.60 Å². The minimum Gasteiger partial charge on any atom is -0.444 e. The predicted octanol–water partition coefficient (Wildman–Crippen LogP) is 1.60. The van der Waals surface area contributed by atoms with Gasteiger partial charge in [-0.3, -0.25) is 0 Å². The van der Waals surface area contributed by atoms with Gasteiger partial charge in [-0.05, 0) is 49.8 Å². The molecule has 8 heteroatoms. The molecule has 1 aromatic carbocycles. The van der Waals surface area contributed by atoms with Crippen LogP contribution in [0.1, 0.15) is 43.9 Å². The summed E-state index contributed by atoms with van der Waals surface area (Å²) in [6.07, 6.45) is -2.85. The molecule has 0 atom stereocenters. The minimum absolute atomic E-state index is 0.00561. The lowest BCUT2D eigenvalue weighted by Crippen LogP contribution is -2.44. The summed E-state index contributed by atoms with van der Waals surface area (Å²) in [6, 6.07) is 2.44. The quantitative estimate of drug-likeness (QED) is 0.810. The zero-order valence-electron chi connectivity index (χ0n) is 13.3. The van der Waals surface area contributed by atoms with Crippen molar-refractivity contribution in [3.8, 4) is 0 Å². The van der Waals surface area contributed by atoms with Gasteiger partial charge in [-0.2, -0.15) is 0 Å². The fraction of sp³-hybridized carbons (Fsp3) is 0.533. The molecule has 0 unspecified atom stereocenters. The number of nitrogens with zero attached hydrogens (tertiary/aromatic N) is 1. The van der Waals surface area contributed by atoms with E-state index in [2.05, 4.69) is 0 Å². The van der Waals surface area contributed by atoms with Crippen LogP contribution in [-0.2, 0) is 17.7 Å². The van der Waals surface area contributed by atoms with Crippen LogP contribution in [0.3, 0.4) is 0 Å². The first-order valence-corrected chi connectivity index (χ1v) is 7.36. The maximum atomic E-state index is 12.9. The molecule has 5 nitrogen and oxygen atoms in total. The SMILES string of the molecule is CC(C)(C)OC(=O)N1CCc2cc(C(F)F)cc(B(O)O)c2C1. The number of rotatable bonds is 2. The van der Waals surface area contributed by atoms with Crippen LogP contribution in [0.15, 0.2) is 12.1 Å². The molecule has 0 spiro atoms. The molecule has 0 saturated carbocycles. The van der Waals surface area contributed by atoms with E-state index in [9.17, 15) is 23.6 Å². The lowest BCUT2D eigenvalue weighted by Gasteiger charge is -2.32. The molecule has 1 amide bonds. The fourth-order valence-electron chi connectivity index (χ4n) is 2.56. The number of amides is 1. The van der Waals surface area contributed by atoms with Crippen LogP contribution >= 0.6 is 0 Å². The standard InChI is InChI=1S/C15H20BF2NO4/c1-15(2,3)23-14(20)19-5-4-9-6-10(13(17)18)7-12(16(21)22)11(9)8-19/h6-7,13,21-22H,4-5,8H2,1-3H3. The van der Waals surface area contributed by atoms with E-state index in [1.54, 1.807) is 20.8 Å². The Bertz CT molecular complexity index is 602. The van der Waals surface area contributed by atoms with Gasteiger partial charge in [0, 0.05) is 18.7 Å². The first-order valence-electron chi connectivity index (χ1n) is 7.36. The third-order valence-corrected chi connectivity index (χ3v) is 3.58. The molecule has 0 aliphatic carbocycles. The lowest BCUT2D eigenvalue weighted by molar-refractivity contribution is 0.0224. The van der Waals surface area contributed by atoms with Crippen LogP contribution in [0, 0.1) is 0 Å². The van der Waals surface area contributed by atoms with E-state index in [1.165, 1.54) is 11.0 Å². The van der Waals surface area contributed by atoms with Crippen molar-refractivity contribution in [1.29, 1.82) is 0 Å². The van der Waals surface area contributed by atoms with E-state index in [-0.39, 0.29) is 17.6 Å². The first kappa shape index (κ1) is 17.7. The maximum Gasteiger partial charge on any atom is 0.488 e. The van der Waals surface area contributed by atoms with Gasteiger partial charge in [-0.15, -0.1) is 0 Å². The van der Waals surface area contributed by atoms with Crippen molar-refractivity contribution in [2.45, 2.75) is 45.8 Å². The molecule has 0 radical (unpaired) electrons. The van der Waals surface area contributed by atoms with E-state index >= 15 is 0 Å². The molecular weight excluding hydrogens is 307 g/mol. The van der Waals surface area contributed by atoms with E-state index in [1.807, 2.05) is 0 Å². The minimum atomic E-state index is -2.69. The van der Waals surface area contributed by atoms with Crippen LogP contribution in [0.5, 0.6) is 0 Å². The smallest absolute Gasteiger partial charge is 0.444 e. The summed E-state index contributed by atoms with van der Waals surface area (Å²) < 4.78 is 31.1. The molecule has 23 heavy (non-hydrogen) atoms. The van der Waals surface area contributed by atoms with Gasteiger partial charge in [0.25, 0.3) is 6.43 Å². The summed E-state index contributed by atoms with van der Waals surface area (Å²) >= 11 is 0. The lowest BCUT2D eigenvalue weighted by atomic mass is 9.73. The molecule has 0 fully saturated rings. The van der Waals surface area contributed by atoms with Gasteiger partial charge in [0.05, 0.1) is 0 Å². The zero-order chi connectivity index (χ0) is 17.4. The average Bonchev–Trinajstić information content (AvgIpc) is 2.43. The highest BCUT2D eigenvalue weighted by Crippen LogP contribution is 2.25. The van der Waals surface area contributed by atoms with Gasteiger partial charge in [0.2, 0.25) is 0 Å². The molecule has 1 aliphatic rings. The van der Waals surface area contributed by atoms with E-state index in [4.69, 9.17) is 4.74 Å². The Morgan fingerprint density at radius 1 is 1.35 bits per heavy atom. The number of halogens is 2. The highest BCUT2D eigenvalue weighted by atomic mass is 19.3. The van der Waals surface area contributed by atoms with Crippen LogP contribution in [-0.4, -0.2) is 40.3 Å². The van der Waals surface area contributed by atoms with Gasteiger partial charge in [0.15, 0.2) is 0 Å². The van der Waals surface area contributed by atoms with Crippen molar-refractivity contribution < 1.29 is 28.4 Å². The number of benzene rings is 1. The predicted molar refractivity (Wildman–Crippen MR) is 81.6 cm³/mol. The first-order chi connectivity index (χ1) is 10.6. The largest absolute Gasteiger partial charge is 0.488 e. The number of fused-ring (bicyclic) bond motifs is 1. The van der Waals surface area contributed by atoms with Gasteiger partial charge in [-0.25, -0.2) is 13.6 Å². The van der Waals surface area contributed by atoms with Gasteiger partial charge >= 0.3 is 13.2 Å². The number of carbonyl (C=O) groups is 1. The second-order valence-electron chi connectivity index (χ2n) is 6.57.